The maximum absolute atomic E-state index is 12.0. The zero-order chi connectivity index (χ0) is 18.9. The van der Waals surface area contributed by atoms with Crippen LogP contribution in [0.4, 0.5) is 11.5 Å². The van der Waals surface area contributed by atoms with Crippen LogP contribution < -0.4 is 20.3 Å². The van der Waals surface area contributed by atoms with Crippen LogP contribution in [0.15, 0.2) is 48.7 Å². The maximum Gasteiger partial charge on any atom is 0.258 e. The summed E-state index contributed by atoms with van der Waals surface area (Å²) in [5.41, 5.74) is 1.07. The van der Waals surface area contributed by atoms with Crippen LogP contribution in [0.1, 0.15) is 19.3 Å². The first-order valence-corrected chi connectivity index (χ1v) is 9.16. The molecule has 1 fully saturated rings. The van der Waals surface area contributed by atoms with Crippen LogP contribution in [-0.2, 0) is 9.59 Å². The van der Waals surface area contributed by atoms with E-state index >= 15 is 0 Å². The van der Waals surface area contributed by atoms with Gasteiger partial charge in [0.2, 0.25) is 5.91 Å². The predicted molar refractivity (Wildman–Crippen MR) is 104 cm³/mol. The van der Waals surface area contributed by atoms with Gasteiger partial charge in [-0.05, 0) is 43.5 Å². The Morgan fingerprint density at radius 3 is 2.48 bits per heavy atom. The molecule has 142 valence electrons. The molecule has 7 heteroatoms. The predicted octanol–water partition coefficient (Wildman–Crippen LogP) is 2.21. The van der Waals surface area contributed by atoms with Crippen LogP contribution in [0, 0.1) is 0 Å². The van der Waals surface area contributed by atoms with Gasteiger partial charge in [-0.25, -0.2) is 4.98 Å². The Labute approximate surface area is 158 Å². The molecule has 0 radical (unpaired) electrons. The smallest absolute Gasteiger partial charge is 0.258 e. The van der Waals surface area contributed by atoms with Crippen molar-refractivity contribution in [3.8, 4) is 5.75 Å². The average molecular weight is 368 g/mol. The van der Waals surface area contributed by atoms with Crippen molar-refractivity contribution in [2.24, 2.45) is 0 Å². The number of aromatic nitrogens is 1. The Morgan fingerprint density at radius 1 is 1.00 bits per heavy atom. The summed E-state index contributed by atoms with van der Waals surface area (Å²) >= 11 is 0. The molecule has 1 aromatic carbocycles. The minimum absolute atomic E-state index is 0.132. The molecule has 0 aliphatic carbocycles. The molecule has 2 amide bonds. The number of carbonyl (C=O) groups excluding carboxylic acids is 2. The average Bonchev–Trinajstić information content (AvgIpc) is 2.73. The lowest BCUT2D eigenvalue weighted by atomic mass is 10.1. The summed E-state index contributed by atoms with van der Waals surface area (Å²) in [7, 11) is 0. The molecule has 0 saturated carbocycles. The number of benzene rings is 1. The van der Waals surface area contributed by atoms with Gasteiger partial charge in [0.25, 0.3) is 5.91 Å². The number of nitrogens with zero attached hydrogens (tertiary/aromatic N) is 2. The third kappa shape index (κ3) is 5.99. The van der Waals surface area contributed by atoms with Crippen LogP contribution in [-0.4, -0.2) is 43.0 Å². The Morgan fingerprint density at radius 2 is 1.78 bits per heavy atom. The van der Waals surface area contributed by atoms with E-state index < -0.39 is 0 Å². The molecule has 1 aromatic heterocycles. The van der Waals surface area contributed by atoms with E-state index in [9.17, 15) is 9.59 Å². The molecule has 2 N–H and O–H groups in total. The van der Waals surface area contributed by atoms with Gasteiger partial charge < -0.3 is 20.3 Å². The van der Waals surface area contributed by atoms with E-state index in [1.807, 2.05) is 24.3 Å². The van der Waals surface area contributed by atoms with Crippen LogP contribution >= 0.6 is 0 Å². The molecule has 0 unspecified atom stereocenters. The lowest BCUT2D eigenvalue weighted by Gasteiger charge is -2.28. The van der Waals surface area contributed by atoms with Crippen molar-refractivity contribution in [2.75, 3.05) is 36.5 Å². The summed E-state index contributed by atoms with van der Waals surface area (Å²) in [6.07, 6.45) is 5.45. The fraction of sp³-hybridized carbons (Fsp3) is 0.350. The van der Waals surface area contributed by atoms with E-state index in [2.05, 4.69) is 20.5 Å². The number of piperidine rings is 1. The number of ether oxygens (including phenoxy) is 1. The fourth-order valence-electron chi connectivity index (χ4n) is 2.88. The third-order valence-electron chi connectivity index (χ3n) is 4.30. The van der Waals surface area contributed by atoms with Crippen molar-refractivity contribution in [2.45, 2.75) is 19.3 Å². The molecule has 0 atom stereocenters. The molecule has 0 spiro atoms. The molecule has 1 saturated heterocycles. The number of amides is 2. The molecule has 2 aromatic rings. The number of para-hydroxylation sites is 1. The van der Waals surface area contributed by atoms with Crippen LogP contribution in [0.2, 0.25) is 0 Å². The Hall–Kier alpha value is -3.09. The van der Waals surface area contributed by atoms with Crippen LogP contribution in [0.25, 0.3) is 0 Å². The SMILES string of the molecule is O=C(COc1ccccc1)NCC(=O)Nc1ccc(N2CCCCC2)cn1. The number of nitrogens with one attached hydrogen (secondary N) is 2. The van der Waals surface area contributed by atoms with E-state index in [0.29, 0.717) is 11.6 Å². The Bertz CT molecular complexity index is 744. The Balaban J connectivity index is 1.39. The van der Waals surface area contributed by atoms with Crippen molar-refractivity contribution in [3.05, 3.63) is 48.7 Å². The normalized spacial score (nSPS) is 13.7. The minimum Gasteiger partial charge on any atom is -0.484 e. The number of pyridine rings is 1. The molecular formula is C20H24N4O3. The summed E-state index contributed by atoms with van der Waals surface area (Å²) in [6, 6.07) is 12.8. The largest absolute Gasteiger partial charge is 0.484 e. The molecule has 3 rings (SSSR count). The molecule has 27 heavy (non-hydrogen) atoms. The van der Waals surface area contributed by atoms with Gasteiger partial charge in [0, 0.05) is 13.1 Å². The molecule has 0 bridgehead atoms. The van der Waals surface area contributed by atoms with Crippen molar-refractivity contribution < 1.29 is 14.3 Å². The van der Waals surface area contributed by atoms with Crippen LogP contribution in [0.3, 0.4) is 0 Å². The summed E-state index contributed by atoms with van der Waals surface area (Å²) in [6.45, 7) is 1.82. The molecular weight excluding hydrogens is 344 g/mol. The van der Waals surface area contributed by atoms with Crippen molar-refractivity contribution >= 4 is 23.3 Å². The molecule has 7 nitrogen and oxygen atoms in total. The van der Waals surface area contributed by atoms with Crippen LogP contribution in [0.5, 0.6) is 5.75 Å². The van der Waals surface area contributed by atoms with Gasteiger partial charge in [0.15, 0.2) is 6.61 Å². The summed E-state index contributed by atoms with van der Waals surface area (Å²) < 4.78 is 5.33. The highest BCUT2D eigenvalue weighted by Crippen LogP contribution is 2.19. The zero-order valence-electron chi connectivity index (χ0n) is 15.2. The second kappa shape index (κ2) is 9.56. The number of hydrogen-bond acceptors (Lipinski definition) is 5. The second-order valence-corrected chi connectivity index (χ2v) is 6.38. The van der Waals surface area contributed by atoms with E-state index in [4.69, 9.17) is 4.74 Å². The van der Waals surface area contributed by atoms with Gasteiger partial charge in [-0.15, -0.1) is 0 Å². The van der Waals surface area contributed by atoms with Gasteiger partial charge >= 0.3 is 0 Å². The highest BCUT2D eigenvalue weighted by molar-refractivity contribution is 5.94. The lowest BCUT2D eigenvalue weighted by molar-refractivity contribution is -0.125. The van der Waals surface area contributed by atoms with Gasteiger partial charge in [-0.1, -0.05) is 18.2 Å². The summed E-state index contributed by atoms with van der Waals surface area (Å²) in [5.74, 6) is 0.384. The highest BCUT2D eigenvalue weighted by Gasteiger charge is 2.12. The number of hydrogen-bond donors (Lipinski definition) is 2. The monoisotopic (exact) mass is 368 g/mol. The highest BCUT2D eigenvalue weighted by atomic mass is 16.5. The van der Waals surface area contributed by atoms with Crippen molar-refractivity contribution in [1.82, 2.24) is 10.3 Å². The number of carbonyl (C=O) groups is 2. The first-order chi connectivity index (χ1) is 13.2. The van der Waals surface area contributed by atoms with Gasteiger partial charge in [-0.3, -0.25) is 9.59 Å². The topological polar surface area (TPSA) is 83.6 Å². The fourth-order valence-corrected chi connectivity index (χ4v) is 2.88. The second-order valence-electron chi connectivity index (χ2n) is 6.38. The minimum atomic E-state index is -0.359. The Kier molecular flexibility index (Phi) is 6.62. The van der Waals surface area contributed by atoms with Gasteiger partial charge in [0.05, 0.1) is 18.4 Å². The molecule has 1 aliphatic heterocycles. The third-order valence-corrected chi connectivity index (χ3v) is 4.30. The standard InChI is InChI=1S/C20H24N4O3/c25-19(14-22-20(26)15-27-17-7-3-1-4-8-17)23-18-10-9-16(13-21-18)24-11-5-2-6-12-24/h1,3-4,7-10,13H,2,5-6,11-12,14-15H2,(H,22,26)(H,21,23,25). The van der Waals surface area contributed by atoms with E-state index in [1.165, 1.54) is 19.3 Å². The van der Waals surface area contributed by atoms with Crippen molar-refractivity contribution in [3.63, 3.8) is 0 Å². The summed E-state index contributed by atoms with van der Waals surface area (Å²) in [4.78, 5) is 30.3. The first-order valence-electron chi connectivity index (χ1n) is 9.16. The van der Waals surface area contributed by atoms with Gasteiger partial charge in [0.1, 0.15) is 11.6 Å². The van der Waals surface area contributed by atoms with E-state index in [-0.39, 0.29) is 25.0 Å². The molecule has 2 heterocycles. The lowest BCUT2D eigenvalue weighted by Crippen LogP contribution is -2.36. The summed E-state index contributed by atoms with van der Waals surface area (Å²) in [5, 5.41) is 5.20. The van der Waals surface area contributed by atoms with E-state index in [1.54, 1.807) is 24.4 Å². The van der Waals surface area contributed by atoms with Gasteiger partial charge in [-0.2, -0.15) is 0 Å². The zero-order valence-corrected chi connectivity index (χ0v) is 15.2. The van der Waals surface area contributed by atoms with Crippen molar-refractivity contribution in [1.29, 1.82) is 0 Å². The quantitative estimate of drug-likeness (QED) is 0.783. The van der Waals surface area contributed by atoms with E-state index in [0.717, 1.165) is 18.8 Å². The first kappa shape index (κ1) is 18.7. The maximum atomic E-state index is 12.0. The number of anilines is 2. The number of rotatable bonds is 7. The molecule has 1 aliphatic rings.